The smallest absolute Gasteiger partial charge is 0.323 e. The number of carbonyl (C=O) groups is 3. The van der Waals surface area contributed by atoms with E-state index in [2.05, 4.69) is 0 Å². The average molecular weight is 265 g/mol. The van der Waals surface area contributed by atoms with Gasteiger partial charge in [-0.1, -0.05) is 25.1 Å². The first-order valence-corrected chi connectivity index (χ1v) is 5.76. The van der Waals surface area contributed by atoms with Gasteiger partial charge in [0.15, 0.2) is 0 Å². The quantitative estimate of drug-likeness (QED) is 0.795. The summed E-state index contributed by atoms with van der Waals surface area (Å²) >= 11 is 0. The Morgan fingerprint density at radius 3 is 2.05 bits per heavy atom. The Hall–Kier alpha value is -2.37. The van der Waals surface area contributed by atoms with Gasteiger partial charge in [-0.15, -0.1) is 0 Å². The first-order chi connectivity index (χ1) is 8.95. The minimum atomic E-state index is -1.25. The minimum absolute atomic E-state index is 0.340. The molecule has 0 radical (unpaired) electrons. The number of hydrogen-bond acceptors (Lipinski definition) is 3. The van der Waals surface area contributed by atoms with Crippen LogP contribution in [0.25, 0.3) is 0 Å². The van der Waals surface area contributed by atoms with Gasteiger partial charge in [-0.2, -0.15) is 0 Å². The molecule has 19 heavy (non-hydrogen) atoms. The lowest BCUT2D eigenvalue weighted by Crippen LogP contribution is -2.39. The van der Waals surface area contributed by atoms with E-state index in [1.807, 2.05) is 6.92 Å². The van der Waals surface area contributed by atoms with Crippen LogP contribution in [0.4, 0.5) is 0 Å². The third kappa shape index (κ3) is 4.09. The number of rotatable bonds is 6. The molecule has 0 fully saturated rings. The Balaban J connectivity index is 3.04. The van der Waals surface area contributed by atoms with E-state index in [-0.39, 0.29) is 0 Å². The lowest BCUT2D eigenvalue weighted by Gasteiger charge is -2.19. The second-order valence-electron chi connectivity index (χ2n) is 3.96. The van der Waals surface area contributed by atoms with E-state index < -0.39 is 30.9 Å². The van der Waals surface area contributed by atoms with Crippen LogP contribution in [-0.2, 0) is 16.0 Å². The SMILES string of the molecule is CCc1ccccc1C(=O)N(CC(=O)O)CC(=O)O. The summed E-state index contributed by atoms with van der Waals surface area (Å²) in [6, 6.07) is 6.76. The second-order valence-corrected chi connectivity index (χ2v) is 3.96. The van der Waals surface area contributed by atoms with Crippen LogP contribution in [0.15, 0.2) is 24.3 Å². The standard InChI is InChI=1S/C13H15NO5/c1-2-9-5-3-4-6-10(9)13(19)14(7-11(15)16)8-12(17)18/h3-6H,2,7-8H2,1H3,(H,15,16)(H,17,18). The molecule has 0 aliphatic heterocycles. The number of carbonyl (C=O) groups excluding carboxylic acids is 1. The van der Waals surface area contributed by atoms with Crippen molar-refractivity contribution in [1.29, 1.82) is 0 Å². The highest BCUT2D eigenvalue weighted by molar-refractivity contribution is 5.98. The van der Waals surface area contributed by atoms with E-state index in [1.54, 1.807) is 24.3 Å². The predicted octanol–water partition coefficient (Wildman–Crippen LogP) is 0.860. The van der Waals surface area contributed by atoms with Gasteiger partial charge in [-0.05, 0) is 18.1 Å². The maximum absolute atomic E-state index is 12.2. The molecule has 0 unspecified atom stereocenters. The predicted molar refractivity (Wildman–Crippen MR) is 67.0 cm³/mol. The summed E-state index contributed by atoms with van der Waals surface area (Å²) < 4.78 is 0. The number of carboxylic acid groups (broad SMARTS) is 2. The molecule has 0 aliphatic rings. The minimum Gasteiger partial charge on any atom is -0.480 e. The molecule has 1 aromatic carbocycles. The Bertz CT molecular complexity index is 482. The molecule has 6 nitrogen and oxygen atoms in total. The molecule has 6 heteroatoms. The summed E-state index contributed by atoms with van der Waals surface area (Å²) in [4.78, 5) is 34.4. The van der Waals surface area contributed by atoms with E-state index in [4.69, 9.17) is 10.2 Å². The normalized spacial score (nSPS) is 9.95. The van der Waals surface area contributed by atoms with Crippen molar-refractivity contribution in [3.8, 4) is 0 Å². The largest absolute Gasteiger partial charge is 0.480 e. The van der Waals surface area contributed by atoms with Crippen molar-refractivity contribution in [2.45, 2.75) is 13.3 Å². The fourth-order valence-corrected chi connectivity index (χ4v) is 1.73. The van der Waals surface area contributed by atoms with Gasteiger partial charge in [0.1, 0.15) is 13.1 Å². The van der Waals surface area contributed by atoms with E-state index >= 15 is 0 Å². The number of nitrogens with zero attached hydrogens (tertiary/aromatic N) is 1. The molecule has 1 amide bonds. The average Bonchev–Trinajstić information content (AvgIpc) is 2.36. The molecule has 0 heterocycles. The van der Waals surface area contributed by atoms with Crippen LogP contribution in [-0.4, -0.2) is 46.0 Å². The maximum Gasteiger partial charge on any atom is 0.323 e. The molecule has 0 saturated heterocycles. The summed E-state index contributed by atoms with van der Waals surface area (Å²) in [5.74, 6) is -3.07. The van der Waals surface area contributed by atoms with Crippen LogP contribution >= 0.6 is 0 Å². The van der Waals surface area contributed by atoms with Crippen LogP contribution in [0.2, 0.25) is 0 Å². The molecule has 0 atom stereocenters. The Labute approximate surface area is 110 Å². The van der Waals surface area contributed by atoms with Crippen LogP contribution < -0.4 is 0 Å². The monoisotopic (exact) mass is 265 g/mol. The molecule has 2 N–H and O–H groups in total. The van der Waals surface area contributed by atoms with E-state index in [0.29, 0.717) is 12.0 Å². The fraction of sp³-hybridized carbons (Fsp3) is 0.308. The number of aryl methyl sites for hydroxylation is 1. The van der Waals surface area contributed by atoms with Gasteiger partial charge in [-0.25, -0.2) is 0 Å². The molecule has 1 rings (SSSR count). The summed E-state index contributed by atoms with van der Waals surface area (Å²) in [7, 11) is 0. The summed E-state index contributed by atoms with van der Waals surface area (Å²) in [5.41, 5.74) is 1.10. The molecule has 0 aliphatic carbocycles. The highest BCUT2D eigenvalue weighted by Gasteiger charge is 2.22. The zero-order valence-corrected chi connectivity index (χ0v) is 10.5. The molecule has 0 aromatic heterocycles. The Kier molecular flexibility index (Phi) is 5.05. The highest BCUT2D eigenvalue weighted by Crippen LogP contribution is 2.12. The van der Waals surface area contributed by atoms with Crippen LogP contribution in [0.1, 0.15) is 22.8 Å². The van der Waals surface area contributed by atoms with Crippen molar-refractivity contribution in [2.24, 2.45) is 0 Å². The third-order valence-electron chi connectivity index (χ3n) is 2.57. The lowest BCUT2D eigenvalue weighted by molar-refractivity contribution is -0.140. The number of hydrogen-bond donors (Lipinski definition) is 2. The summed E-state index contributed by atoms with van der Waals surface area (Å²) in [6.45, 7) is 0.594. The topological polar surface area (TPSA) is 94.9 Å². The van der Waals surface area contributed by atoms with Gasteiger partial charge in [0.05, 0.1) is 0 Å². The van der Waals surface area contributed by atoms with Gasteiger partial charge in [0.2, 0.25) is 0 Å². The van der Waals surface area contributed by atoms with Gasteiger partial charge in [-0.3, -0.25) is 14.4 Å². The number of benzene rings is 1. The molecule has 102 valence electrons. The van der Waals surface area contributed by atoms with Gasteiger partial charge in [0.25, 0.3) is 5.91 Å². The maximum atomic E-state index is 12.2. The van der Waals surface area contributed by atoms with Crippen molar-refractivity contribution < 1.29 is 24.6 Å². The number of carboxylic acids is 2. The van der Waals surface area contributed by atoms with Gasteiger partial charge >= 0.3 is 11.9 Å². The van der Waals surface area contributed by atoms with E-state index in [0.717, 1.165) is 10.5 Å². The zero-order valence-electron chi connectivity index (χ0n) is 10.5. The molecular weight excluding hydrogens is 250 g/mol. The summed E-state index contributed by atoms with van der Waals surface area (Å²) in [6.07, 6.45) is 0.607. The first kappa shape index (κ1) is 14.7. The van der Waals surface area contributed by atoms with Crippen molar-refractivity contribution in [3.05, 3.63) is 35.4 Å². The van der Waals surface area contributed by atoms with Crippen LogP contribution in [0.3, 0.4) is 0 Å². The van der Waals surface area contributed by atoms with Gasteiger partial charge < -0.3 is 15.1 Å². The molecule has 0 spiro atoms. The molecular formula is C13H15NO5. The Morgan fingerprint density at radius 1 is 1.05 bits per heavy atom. The summed E-state index contributed by atoms with van der Waals surface area (Å²) in [5, 5.41) is 17.5. The van der Waals surface area contributed by atoms with Crippen molar-refractivity contribution in [2.75, 3.05) is 13.1 Å². The number of amides is 1. The van der Waals surface area contributed by atoms with Crippen LogP contribution in [0.5, 0.6) is 0 Å². The van der Waals surface area contributed by atoms with E-state index in [1.165, 1.54) is 0 Å². The molecule has 0 bridgehead atoms. The molecule has 0 saturated carbocycles. The van der Waals surface area contributed by atoms with E-state index in [9.17, 15) is 14.4 Å². The zero-order chi connectivity index (χ0) is 14.4. The third-order valence-corrected chi connectivity index (χ3v) is 2.57. The van der Waals surface area contributed by atoms with Crippen molar-refractivity contribution in [3.63, 3.8) is 0 Å². The number of aliphatic carboxylic acids is 2. The highest BCUT2D eigenvalue weighted by atomic mass is 16.4. The van der Waals surface area contributed by atoms with Crippen molar-refractivity contribution >= 4 is 17.8 Å². The second kappa shape index (κ2) is 6.53. The van der Waals surface area contributed by atoms with Crippen LogP contribution in [0, 0.1) is 0 Å². The van der Waals surface area contributed by atoms with Gasteiger partial charge in [0, 0.05) is 5.56 Å². The fourth-order valence-electron chi connectivity index (χ4n) is 1.73. The van der Waals surface area contributed by atoms with Crippen molar-refractivity contribution in [1.82, 2.24) is 4.90 Å². The Morgan fingerprint density at radius 2 is 1.58 bits per heavy atom. The first-order valence-electron chi connectivity index (χ1n) is 5.76. The molecule has 1 aromatic rings. The lowest BCUT2D eigenvalue weighted by atomic mass is 10.0.